The van der Waals surface area contributed by atoms with Gasteiger partial charge in [0, 0.05) is 24.0 Å². The van der Waals surface area contributed by atoms with Crippen molar-refractivity contribution >= 4 is 17.2 Å². The van der Waals surface area contributed by atoms with Crippen LogP contribution in [0.4, 0.5) is 11.4 Å². The van der Waals surface area contributed by atoms with E-state index in [0.717, 1.165) is 0 Å². The number of carbonyl (C=O) groups is 1. The Morgan fingerprint density at radius 2 is 2.28 bits per heavy atom. The van der Waals surface area contributed by atoms with Crippen molar-refractivity contribution in [3.05, 3.63) is 52.6 Å². The first kappa shape index (κ1) is 11.8. The number of nitrogen functional groups attached to an aromatic ring is 1. The van der Waals surface area contributed by atoms with Gasteiger partial charge in [0.15, 0.2) is 5.78 Å². The highest BCUT2D eigenvalue weighted by atomic mass is 16.6. The van der Waals surface area contributed by atoms with Crippen LogP contribution in [-0.2, 0) is 6.54 Å². The van der Waals surface area contributed by atoms with Gasteiger partial charge in [-0.3, -0.25) is 14.9 Å². The number of anilines is 1. The highest BCUT2D eigenvalue weighted by Crippen LogP contribution is 2.22. The van der Waals surface area contributed by atoms with Crippen molar-refractivity contribution in [1.82, 2.24) is 9.55 Å². The normalized spacial score (nSPS) is 10.2. The number of rotatable bonds is 4. The Morgan fingerprint density at radius 1 is 1.50 bits per heavy atom. The smallest absolute Gasteiger partial charge is 0.292 e. The highest BCUT2D eigenvalue weighted by Gasteiger charge is 2.15. The molecular formula is C11H10N4O3. The van der Waals surface area contributed by atoms with E-state index >= 15 is 0 Å². The molecule has 2 aromatic rings. The van der Waals surface area contributed by atoms with Crippen LogP contribution >= 0.6 is 0 Å². The van der Waals surface area contributed by atoms with Crippen LogP contribution in [0.5, 0.6) is 0 Å². The van der Waals surface area contributed by atoms with Gasteiger partial charge in [0.1, 0.15) is 5.69 Å². The minimum atomic E-state index is -0.608. The molecule has 0 atom stereocenters. The molecule has 0 fully saturated rings. The van der Waals surface area contributed by atoms with E-state index in [-0.39, 0.29) is 29.3 Å². The molecule has 92 valence electrons. The average Bonchev–Trinajstić information content (AvgIpc) is 2.81. The van der Waals surface area contributed by atoms with Crippen LogP contribution in [0.1, 0.15) is 10.4 Å². The van der Waals surface area contributed by atoms with Crippen LogP contribution in [0.15, 0.2) is 36.9 Å². The summed E-state index contributed by atoms with van der Waals surface area (Å²) < 4.78 is 1.59. The zero-order chi connectivity index (χ0) is 13.1. The monoisotopic (exact) mass is 246 g/mol. The largest absolute Gasteiger partial charge is 0.393 e. The number of nitro benzene ring substituents is 1. The molecule has 0 radical (unpaired) electrons. The molecule has 1 heterocycles. The van der Waals surface area contributed by atoms with Crippen LogP contribution in [0.25, 0.3) is 0 Å². The quantitative estimate of drug-likeness (QED) is 0.378. The maximum atomic E-state index is 11.9. The predicted molar refractivity (Wildman–Crippen MR) is 64.1 cm³/mol. The molecule has 0 aliphatic carbocycles. The molecule has 2 N–H and O–H groups in total. The predicted octanol–water partition coefficient (Wildman–Crippen LogP) is 1.26. The van der Waals surface area contributed by atoms with E-state index in [0.29, 0.717) is 0 Å². The van der Waals surface area contributed by atoms with Gasteiger partial charge in [0.2, 0.25) is 0 Å². The van der Waals surface area contributed by atoms with Crippen molar-refractivity contribution in [3.8, 4) is 0 Å². The molecule has 7 heteroatoms. The zero-order valence-electron chi connectivity index (χ0n) is 9.31. The Kier molecular flexibility index (Phi) is 3.05. The van der Waals surface area contributed by atoms with Crippen LogP contribution in [0.2, 0.25) is 0 Å². The summed E-state index contributed by atoms with van der Waals surface area (Å²) >= 11 is 0. The number of hydrogen-bond donors (Lipinski definition) is 1. The first-order valence-electron chi connectivity index (χ1n) is 5.11. The standard InChI is InChI=1S/C11H10N4O3/c12-9-2-1-8(5-10(9)15(17)18)11(16)6-14-4-3-13-7-14/h1-5,7H,6,12H2. The second-order valence-electron chi connectivity index (χ2n) is 3.69. The maximum Gasteiger partial charge on any atom is 0.292 e. The lowest BCUT2D eigenvalue weighted by molar-refractivity contribution is -0.383. The fourth-order valence-corrected chi connectivity index (χ4v) is 1.51. The lowest BCUT2D eigenvalue weighted by atomic mass is 10.1. The van der Waals surface area contributed by atoms with Gasteiger partial charge in [-0.15, -0.1) is 0 Å². The molecule has 7 nitrogen and oxygen atoms in total. The average molecular weight is 246 g/mol. The van der Waals surface area contributed by atoms with Gasteiger partial charge in [0.05, 0.1) is 17.8 Å². The molecule has 0 saturated carbocycles. The van der Waals surface area contributed by atoms with Crippen LogP contribution in [-0.4, -0.2) is 20.3 Å². The lowest BCUT2D eigenvalue weighted by Crippen LogP contribution is -2.09. The van der Waals surface area contributed by atoms with E-state index in [1.807, 2.05) is 0 Å². The van der Waals surface area contributed by atoms with Gasteiger partial charge in [-0.2, -0.15) is 0 Å². The highest BCUT2D eigenvalue weighted by molar-refractivity contribution is 5.97. The van der Waals surface area contributed by atoms with Gasteiger partial charge >= 0.3 is 0 Å². The Bertz CT molecular complexity index is 592. The van der Waals surface area contributed by atoms with E-state index in [2.05, 4.69) is 4.98 Å². The number of nitrogens with two attached hydrogens (primary N) is 1. The van der Waals surface area contributed by atoms with E-state index in [1.165, 1.54) is 24.5 Å². The molecule has 0 unspecified atom stereocenters. The fourth-order valence-electron chi connectivity index (χ4n) is 1.51. The SMILES string of the molecule is Nc1ccc(C(=O)Cn2ccnc2)cc1[N+](=O)[O-]. The second kappa shape index (κ2) is 4.66. The first-order chi connectivity index (χ1) is 8.58. The minimum absolute atomic E-state index is 0.0409. The zero-order valence-corrected chi connectivity index (χ0v) is 9.31. The van der Waals surface area contributed by atoms with Gasteiger partial charge in [-0.1, -0.05) is 0 Å². The molecule has 0 aliphatic rings. The molecule has 0 bridgehead atoms. The number of nitro groups is 1. The molecule has 2 rings (SSSR count). The number of imidazole rings is 1. The third-order valence-electron chi connectivity index (χ3n) is 2.43. The summed E-state index contributed by atoms with van der Waals surface area (Å²) in [5, 5.41) is 10.7. The number of ketones is 1. The summed E-state index contributed by atoms with van der Waals surface area (Å²) in [5.74, 6) is -0.240. The van der Waals surface area contributed by atoms with Crippen LogP contribution in [0.3, 0.4) is 0 Å². The number of carbonyl (C=O) groups excluding carboxylic acids is 1. The van der Waals surface area contributed by atoms with E-state index in [9.17, 15) is 14.9 Å². The molecule has 0 spiro atoms. The molecule has 0 aliphatic heterocycles. The first-order valence-corrected chi connectivity index (χ1v) is 5.11. The minimum Gasteiger partial charge on any atom is -0.393 e. The van der Waals surface area contributed by atoms with Crippen molar-refractivity contribution in [1.29, 1.82) is 0 Å². The third kappa shape index (κ3) is 2.34. The van der Waals surface area contributed by atoms with Crippen molar-refractivity contribution in [2.24, 2.45) is 0 Å². The van der Waals surface area contributed by atoms with E-state index in [1.54, 1.807) is 17.0 Å². The number of aromatic nitrogens is 2. The number of nitrogens with zero attached hydrogens (tertiary/aromatic N) is 3. The van der Waals surface area contributed by atoms with Crippen LogP contribution < -0.4 is 5.73 Å². The van der Waals surface area contributed by atoms with Crippen molar-refractivity contribution < 1.29 is 9.72 Å². The van der Waals surface area contributed by atoms with Gasteiger partial charge in [-0.05, 0) is 12.1 Å². The molecular weight excluding hydrogens is 236 g/mol. The lowest BCUT2D eigenvalue weighted by Gasteiger charge is -2.03. The van der Waals surface area contributed by atoms with Crippen LogP contribution in [0, 0.1) is 10.1 Å². The van der Waals surface area contributed by atoms with Gasteiger partial charge < -0.3 is 10.3 Å². The molecule has 1 aromatic heterocycles. The summed E-state index contributed by atoms with van der Waals surface area (Å²) in [5.41, 5.74) is 5.50. The summed E-state index contributed by atoms with van der Waals surface area (Å²) in [6.07, 6.45) is 4.70. The number of Topliss-reactive ketones (excluding diaryl/α,β-unsaturated/α-hetero) is 1. The van der Waals surface area contributed by atoms with Crippen molar-refractivity contribution in [2.75, 3.05) is 5.73 Å². The second-order valence-corrected chi connectivity index (χ2v) is 3.69. The molecule has 0 saturated heterocycles. The topological polar surface area (TPSA) is 104 Å². The van der Waals surface area contributed by atoms with E-state index in [4.69, 9.17) is 5.73 Å². The Balaban J connectivity index is 2.26. The Morgan fingerprint density at radius 3 is 2.89 bits per heavy atom. The van der Waals surface area contributed by atoms with E-state index < -0.39 is 4.92 Å². The van der Waals surface area contributed by atoms with Crippen molar-refractivity contribution in [2.45, 2.75) is 6.54 Å². The Hall–Kier alpha value is -2.70. The summed E-state index contributed by atoms with van der Waals surface area (Å²) in [7, 11) is 0. The van der Waals surface area contributed by atoms with Crippen molar-refractivity contribution in [3.63, 3.8) is 0 Å². The van der Waals surface area contributed by atoms with Gasteiger partial charge in [-0.25, -0.2) is 4.98 Å². The molecule has 0 amide bonds. The number of hydrogen-bond acceptors (Lipinski definition) is 5. The summed E-state index contributed by atoms with van der Waals surface area (Å²) in [4.78, 5) is 25.8. The summed E-state index contributed by atoms with van der Waals surface area (Å²) in [6.45, 7) is 0.0844. The summed E-state index contributed by atoms with van der Waals surface area (Å²) in [6, 6.07) is 4.02. The Labute approximate surface area is 102 Å². The molecule has 1 aromatic carbocycles. The fraction of sp³-hybridized carbons (Fsp3) is 0.0909. The van der Waals surface area contributed by atoms with Gasteiger partial charge in [0.25, 0.3) is 5.69 Å². The third-order valence-corrected chi connectivity index (χ3v) is 2.43. The molecule has 18 heavy (non-hydrogen) atoms. The number of benzene rings is 1. The maximum absolute atomic E-state index is 11.9.